The van der Waals surface area contributed by atoms with E-state index < -0.39 is 11.7 Å². The van der Waals surface area contributed by atoms with Crippen LogP contribution in [0.2, 0.25) is 0 Å². The predicted molar refractivity (Wildman–Crippen MR) is 68.1 cm³/mol. The average molecular weight is 285 g/mol. The van der Waals surface area contributed by atoms with Gasteiger partial charge in [0.25, 0.3) is 0 Å². The van der Waals surface area contributed by atoms with Crippen molar-refractivity contribution in [2.45, 2.75) is 26.3 Å². The summed E-state index contributed by atoms with van der Waals surface area (Å²) in [4.78, 5) is 0. The number of aromatic nitrogens is 2. The SMILES string of the molecule is CCn1ncc(N)c1COc1ccc(C(F)(F)F)cc1. The summed E-state index contributed by atoms with van der Waals surface area (Å²) < 4.78 is 44.3. The Morgan fingerprint density at radius 2 is 1.90 bits per heavy atom. The van der Waals surface area contributed by atoms with Crippen molar-refractivity contribution in [1.29, 1.82) is 0 Å². The number of anilines is 1. The van der Waals surface area contributed by atoms with E-state index in [0.717, 1.165) is 12.1 Å². The number of hydrogen-bond donors (Lipinski definition) is 1. The molecule has 0 bridgehead atoms. The van der Waals surface area contributed by atoms with Gasteiger partial charge in [0, 0.05) is 6.54 Å². The molecule has 2 rings (SSSR count). The number of aryl methyl sites for hydroxylation is 1. The van der Waals surface area contributed by atoms with Crippen LogP contribution in [0.4, 0.5) is 18.9 Å². The van der Waals surface area contributed by atoms with Crippen LogP contribution in [0, 0.1) is 0 Å². The van der Waals surface area contributed by atoms with Crippen molar-refractivity contribution in [3.63, 3.8) is 0 Å². The average Bonchev–Trinajstić information content (AvgIpc) is 2.76. The number of nitrogens with two attached hydrogens (primary N) is 1. The first-order chi connectivity index (χ1) is 9.41. The van der Waals surface area contributed by atoms with Gasteiger partial charge >= 0.3 is 6.18 Å². The number of nitrogens with zero attached hydrogens (tertiary/aromatic N) is 2. The molecule has 1 heterocycles. The summed E-state index contributed by atoms with van der Waals surface area (Å²) in [6.45, 7) is 2.71. The first kappa shape index (κ1) is 14.2. The van der Waals surface area contributed by atoms with Crippen LogP contribution in [0.1, 0.15) is 18.2 Å². The molecule has 0 radical (unpaired) electrons. The molecule has 0 atom stereocenters. The molecule has 4 nitrogen and oxygen atoms in total. The fraction of sp³-hybridized carbons (Fsp3) is 0.308. The van der Waals surface area contributed by atoms with Crippen molar-refractivity contribution in [2.24, 2.45) is 0 Å². The topological polar surface area (TPSA) is 53.1 Å². The summed E-state index contributed by atoms with van der Waals surface area (Å²) in [5, 5.41) is 4.06. The van der Waals surface area contributed by atoms with E-state index >= 15 is 0 Å². The molecule has 0 unspecified atom stereocenters. The fourth-order valence-corrected chi connectivity index (χ4v) is 1.75. The van der Waals surface area contributed by atoms with Crippen molar-refractivity contribution < 1.29 is 17.9 Å². The van der Waals surface area contributed by atoms with E-state index in [1.807, 2.05) is 6.92 Å². The number of benzene rings is 1. The second kappa shape index (κ2) is 5.44. The van der Waals surface area contributed by atoms with Crippen LogP contribution in [-0.2, 0) is 19.3 Å². The molecule has 2 aromatic rings. The quantitative estimate of drug-likeness (QED) is 0.939. The van der Waals surface area contributed by atoms with E-state index in [1.165, 1.54) is 18.3 Å². The van der Waals surface area contributed by atoms with Crippen LogP contribution in [0.25, 0.3) is 0 Å². The fourth-order valence-electron chi connectivity index (χ4n) is 1.75. The number of nitrogen functional groups attached to an aromatic ring is 1. The molecule has 0 saturated heterocycles. The second-order valence-corrected chi connectivity index (χ2v) is 4.17. The lowest BCUT2D eigenvalue weighted by Crippen LogP contribution is -2.08. The first-order valence-corrected chi connectivity index (χ1v) is 6.02. The molecule has 1 aromatic carbocycles. The van der Waals surface area contributed by atoms with E-state index in [9.17, 15) is 13.2 Å². The Bertz CT molecular complexity index is 576. The van der Waals surface area contributed by atoms with Gasteiger partial charge in [-0.15, -0.1) is 0 Å². The maximum Gasteiger partial charge on any atom is 0.416 e. The predicted octanol–water partition coefficient (Wildman–Crippen LogP) is 3.08. The van der Waals surface area contributed by atoms with Crippen LogP contribution < -0.4 is 10.5 Å². The summed E-state index contributed by atoms with van der Waals surface area (Å²) in [6.07, 6.45) is -2.82. The zero-order chi connectivity index (χ0) is 14.8. The molecule has 7 heteroatoms. The van der Waals surface area contributed by atoms with Crippen molar-refractivity contribution in [1.82, 2.24) is 9.78 Å². The lowest BCUT2D eigenvalue weighted by molar-refractivity contribution is -0.137. The number of rotatable bonds is 4. The number of ether oxygens (including phenoxy) is 1. The molecule has 0 aliphatic heterocycles. The van der Waals surface area contributed by atoms with E-state index in [2.05, 4.69) is 5.10 Å². The van der Waals surface area contributed by atoms with Crippen molar-refractivity contribution >= 4 is 5.69 Å². The van der Waals surface area contributed by atoms with E-state index in [0.29, 0.717) is 23.7 Å². The maximum atomic E-state index is 12.4. The van der Waals surface area contributed by atoms with Crippen LogP contribution in [0.5, 0.6) is 5.75 Å². The van der Waals surface area contributed by atoms with Gasteiger partial charge in [0.2, 0.25) is 0 Å². The second-order valence-electron chi connectivity index (χ2n) is 4.17. The molecule has 1 aromatic heterocycles. The largest absolute Gasteiger partial charge is 0.487 e. The molecule has 0 aliphatic carbocycles. The molecule has 2 N–H and O–H groups in total. The monoisotopic (exact) mass is 285 g/mol. The standard InChI is InChI=1S/C13H14F3N3O/c1-2-19-12(11(17)7-18-19)8-20-10-5-3-9(4-6-10)13(14,15)16/h3-7H,2,8,17H2,1H3. The van der Waals surface area contributed by atoms with Gasteiger partial charge in [-0.25, -0.2) is 0 Å². The van der Waals surface area contributed by atoms with Gasteiger partial charge in [-0.3, -0.25) is 4.68 Å². The van der Waals surface area contributed by atoms with Gasteiger partial charge in [0.05, 0.1) is 23.1 Å². The molecular formula is C13H14F3N3O. The lowest BCUT2D eigenvalue weighted by atomic mass is 10.2. The minimum Gasteiger partial charge on any atom is -0.487 e. The normalized spacial score (nSPS) is 11.6. The smallest absolute Gasteiger partial charge is 0.416 e. The molecule has 0 fully saturated rings. The Kier molecular flexibility index (Phi) is 3.87. The zero-order valence-corrected chi connectivity index (χ0v) is 10.8. The molecule has 0 saturated carbocycles. The molecule has 20 heavy (non-hydrogen) atoms. The highest BCUT2D eigenvalue weighted by Gasteiger charge is 2.30. The summed E-state index contributed by atoms with van der Waals surface area (Å²) in [6, 6.07) is 4.53. The first-order valence-electron chi connectivity index (χ1n) is 6.02. The van der Waals surface area contributed by atoms with E-state index in [-0.39, 0.29) is 6.61 Å². The molecule has 0 spiro atoms. The van der Waals surface area contributed by atoms with E-state index in [1.54, 1.807) is 4.68 Å². The molecule has 0 aliphatic rings. The Morgan fingerprint density at radius 1 is 1.25 bits per heavy atom. The molecular weight excluding hydrogens is 271 g/mol. The van der Waals surface area contributed by atoms with Crippen molar-refractivity contribution in [2.75, 3.05) is 5.73 Å². The molecule has 108 valence electrons. The maximum absolute atomic E-state index is 12.4. The van der Waals surface area contributed by atoms with Gasteiger partial charge in [0.15, 0.2) is 0 Å². The van der Waals surface area contributed by atoms with Crippen molar-refractivity contribution in [3.05, 3.63) is 41.7 Å². The van der Waals surface area contributed by atoms with E-state index in [4.69, 9.17) is 10.5 Å². The lowest BCUT2D eigenvalue weighted by Gasteiger charge is -2.10. The number of hydrogen-bond acceptors (Lipinski definition) is 3. The minimum absolute atomic E-state index is 0.158. The van der Waals surface area contributed by atoms with Crippen LogP contribution in [0.15, 0.2) is 30.5 Å². The highest BCUT2D eigenvalue weighted by molar-refractivity contribution is 5.41. The van der Waals surface area contributed by atoms with Crippen molar-refractivity contribution in [3.8, 4) is 5.75 Å². The van der Waals surface area contributed by atoms with Gasteiger partial charge in [-0.1, -0.05) is 0 Å². The van der Waals surface area contributed by atoms with Gasteiger partial charge in [-0.2, -0.15) is 18.3 Å². The van der Waals surface area contributed by atoms with Gasteiger partial charge in [-0.05, 0) is 31.2 Å². The van der Waals surface area contributed by atoms with Crippen LogP contribution in [-0.4, -0.2) is 9.78 Å². The van der Waals surface area contributed by atoms with Crippen LogP contribution >= 0.6 is 0 Å². The number of alkyl halides is 3. The Balaban J connectivity index is 2.06. The third-order valence-corrected chi connectivity index (χ3v) is 2.84. The summed E-state index contributed by atoms with van der Waals surface area (Å²) in [7, 11) is 0. The Morgan fingerprint density at radius 3 is 2.45 bits per heavy atom. The highest BCUT2D eigenvalue weighted by Crippen LogP contribution is 2.30. The zero-order valence-electron chi connectivity index (χ0n) is 10.8. The summed E-state index contributed by atoms with van der Waals surface area (Å²) in [5.74, 6) is 0.348. The highest BCUT2D eigenvalue weighted by atomic mass is 19.4. The Labute approximate surface area is 114 Å². The third kappa shape index (κ3) is 3.04. The summed E-state index contributed by atoms with van der Waals surface area (Å²) in [5.41, 5.74) is 6.24. The third-order valence-electron chi connectivity index (χ3n) is 2.84. The van der Waals surface area contributed by atoms with Gasteiger partial charge in [0.1, 0.15) is 12.4 Å². The minimum atomic E-state index is -4.34. The summed E-state index contributed by atoms with van der Waals surface area (Å²) >= 11 is 0. The van der Waals surface area contributed by atoms with Crippen LogP contribution in [0.3, 0.4) is 0 Å². The van der Waals surface area contributed by atoms with Gasteiger partial charge < -0.3 is 10.5 Å². The Hall–Kier alpha value is -2.18. The molecule has 0 amide bonds. The number of halogens is 3.